The van der Waals surface area contributed by atoms with Gasteiger partial charge in [0.25, 0.3) is 0 Å². The number of carbonyl (C=O) groups excluding carboxylic acids is 2. The number of nitrogens with one attached hydrogen (secondary N) is 2. The van der Waals surface area contributed by atoms with Crippen molar-refractivity contribution in [3.05, 3.63) is 34.4 Å². The van der Waals surface area contributed by atoms with Gasteiger partial charge in [-0.2, -0.15) is 0 Å². The second-order valence-electron chi connectivity index (χ2n) is 6.43. The van der Waals surface area contributed by atoms with Gasteiger partial charge in [-0.15, -0.1) is 0 Å². The average molecular weight is 397 g/mol. The molecule has 0 aliphatic heterocycles. The third kappa shape index (κ3) is 4.74. The van der Waals surface area contributed by atoms with Crippen molar-refractivity contribution in [3.63, 3.8) is 0 Å². The van der Waals surface area contributed by atoms with E-state index in [0.29, 0.717) is 6.42 Å². The fourth-order valence-electron chi connectivity index (χ4n) is 2.32. The average Bonchev–Trinajstić information content (AvgIpc) is 2.86. The summed E-state index contributed by atoms with van der Waals surface area (Å²) in [5, 5.41) is 3.56. The molecule has 2 aromatic rings. The van der Waals surface area contributed by atoms with Crippen LogP contribution in [0.4, 0.5) is 4.79 Å². The summed E-state index contributed by atoms with van der Waals surface area (Å²) in [7, 11) is 1.29. The largest absolute Gasteiger partial charge is 0.467 e. The van der Waals surface area contributed by atoms with Crippen molar-refractivity contribution in [1.82, 2.24) is 10.3 Å². The summed E-state index contributed by atoms with van der Waals surface area (Å²) >= 11 is 3.44. The van der Waals surface area contributed by atoms with Crippen LogP contribution >= 0.6 is 15.9 Å². The second-order valence-corrected chi connectivity index (χ2v) is 7.35. The highest BCUT2D eigenvalue weighted by molar-refractivity contribution is 9.10. The van der Waals surface area contributed by atoms with E-state index in [2.05, 4.69) is 26.2 Å². The van der Waals surface area contributed by atoms with E-state index in [1.165, 1.54) is 7.11 Å². The van der Waals surface area contributed by atoms with Crippen LogP contribution in [0, 0.1) is 0 Å². The fourth-order valence-corrected chi connectivity index (χ4v) is 2.69. The van der Waals surface area contributed by atoms with Gasteiger partial charge < -0.3 is 19.8 Å². The molecule has 0 unspecified atom stereocenters. The molecule has 1 amide bonds. The third-order valence-electron chi connectivity index (χ3n) is 3.33. The molecule has 1 heterocycles. The lowest BCUT2D eigenvalue weighted by atomic mass is 10.1. The molecule has 0 spiro atoms. The zero-order chi connectivity index (χ0) is 17.9. The molecule has 6 nitrogen and oxygen atoms in total. The minimum Gasteiger partial charge on any atom is -0.467 e. The third-order valence-corrected chi connectivity index (χ3v) is 3.82. The molecular formula is C17H21BrN2O4. The summed E-state index contributed by atoms with van der Waals surface area (Å²) in [6.07, 6.45) is 1.46. The highest BCUT2D eigenvalue weighted by Crippen LogP contribution is 2.24. The zero-order valence-electron chi connectivity index (χ0n) is 14.1. The monoisotopic (exact) mass is 396 g/mol. The molecule has 0 bridgehead atoms. The first-order valence-corrected chi connectivity index (χ1v) is 8.32. The number of aromatic nitrogens is 1. The molecule has 0 aliphatic carbocycles. The topological polar surface area (TPSA) is 80.4 Å². The van der Waals surface area contributed by atoms with E-state index in [1.54, 1.807) is 20.8 Å². The van der Waals surface area contributed by atoms with Gasteiger partial charge >= 0.3 is 12.1 Å². The van der Waals surface area contributed by atoms with Crippen LogP contribution in [-0.4, -0.2) is 35.8 Å². The van der Waals surface area contributed by atoms with E-state index in [9.17, 15) is 9.59 Å². The van der Waals surface area contributed by atoms with Crippen LogP contribution in [0.5, 0.6) is 0 Å². The lowest BCUT2D eigenvalue weighted by molar-refractivity contribution is -0.143. The number of fused-ring (bicyclic) bond motifs is 1. The molecule has 1 aromatic carbocycles. The number of methoxy groups -OCH3 is 1. The molecule has 0 saturated heterocycles. The van der Waals surface area contributed by atoms with Crippen LogP contribution in [-0.2, 0) is 20.7 Å². The summed E-state index contributed by atoms with van der Waals surface area (Å²) in [4.78, 5) is 27.2. The summed E-state index contributed by atoms with van der Waals surface area (Å²) < 4.78 is 11.0. The number of carbonyl (C=O) groups is 2. The number of rotatable bonds is 4. The zero-order valence-corrected chi connectivity index (χ0v) is 15.7. The van der Waals surface area contributed by atoms with Crippen molar-refractivity contribution in [3.8, 4) is 0 Å². The summed E-state index contributed by atoms with van der Waals surface area (Å²) in [5.41, 5.74) is 1.21. The predicted octanol–water partition coefficient (Wildman–Crippen LogP) is 3.54. The Balaban J connectivity index is 2.20. The van der Waals surface area contributed by atoms with Crippen LogP contribution < -0.4 is 5.32 Å². The fraction of sp³-hybridized carbons (Fsp3) is 0.412. The van der Waals surface area contributed by atoms with Gasteiger partial charge in [0.15, 0.2) is 0 Å². The first-order chi connectivity index (χ1) is 11.2. The SMILES string of the molecule is COC(=O)[C@H](Cc1c[nH]c2ccc(Br)cc12)NC(=O)OC(C)(C)C. The van der Waals surface area contributed by atoms with Gasteiger partial charge in [0, 0.05) is 28.0 Å². The second kappa shape index (κ2) is 7.25. The number of alkyl carbamates (subject to hydrolysis) is 1. The number of halogens is 1. The Morgan fingerprint density at radius 1 is 1.33 bits per heavy atom. The van der Waals surface area contributed by atoms with Crippen LogP contribution in [0.2, 0.25) is 0 Å². The number of benzene rings is 1. The Labute approximate surface area is 149 Å². The molecule has 2 rings (SSSR count). The van der Waals surface area contributed by atoms with E-state index < -0.39 is 23.7 Å². The normalized spacial score (nSPS) is 12.7. The Morgan fingerprint density at radius 2 is 2.04 bits per heavy atom. The maximum atomic E-state index is 12.0. The standard InChI is InChI=1S/C17H21BrN2O4/c1-17(2,3)24-16(22)20-14(15(21)23-4)7-10-9-19-13-6-5-11(18)8-12(10)13/h5-6,8-9,14,19H,7H2,1-4H3,(H,20,22)/t14-/m0/s1. The first kappa shape index (κ1) is 18.3. The van der Waals surface area contributed by atoms with Gasteiger partial charge in [-0.25, -0.2) is 9.59 Å². The Kier molecular flexibility index (Phi) is 5.54. The molecule has 130 valence electrons. The molecular weight excluding hydrogens is 376 g/mol. The van der Waals surface area contributed by atoms with Crippen molar-refractivity contribution < 1.29 is 19.1 Å². The molecule has 0 saturated carbocycles. The van der Waals surface area contributed by atoms with Crippen LogP contribution in [0.25, 0.3) is 10.9 Å². The van der Waals surface area contributed by atoms with Gasteiger partial charge in [-0.3, -0.25) is 0 Å². The van der Waals surface area contributed by atoms with E-state index in [-0.39, 0.29) is 0 Å². The molecule has 1 atom stereocenters. The molecule has 24 heavy (non-hydrogen) atoms. The maximum Gasteiger partial charge on any atom is 0.408 e. The number of ether oxygens (including phenoxy) is 2. The van der Waals surface area contributed by atoms with Crippen molar-refractivity contribution >= 4 is 38.9 Å². The number of hydrogen-bond donors (Lipinski definition) is 2. The Morgan fingerprint density at radius 3 is 2.67 bits per heavy atom. The van der Waals surface area contributed by atoms with E-state index in [4.69, 9.17) is 9.47 Å². The number of amides is 1. The number of hydrogen-bond acceptors (Lipinski definition) is 4. The van der Waals surface area contributed by atoms with E-state index in [1.807, 2.05) is 24.4 Å². The van der Waals surface area contributed by atoms with E-state index >= 15 is 0 Å². The van der Waals surface area contributed by atoms with Gasteiger partial charge in [-0.1, -0.05) is 15.9 Å². The molecule has 0 aliphatic rings. The molecule has 7 heteroatoms. The number of H-pyrrole nitrogens is 1. The molecule has 0 radical (unpaired) electrons. The summed E-state index contributed by atoms with van der Waals surface area (Å²) in [5.74, 6) is -0.523. The van der Waals surface area contributed by atoms with Crippen LogP contribution in [0.1, 0.15) is 26.3 Å². The quantitative estimate of drug-likeness (QED) is 0.774. The molecule has 2 N–H and O–H groups in total. The Hall–Kier alpha value is -2.02. The van der Waals surface area contributed by atoms with Crippen LogP contribution in [0.3, 0.4) is 0 Å². The Bertz CT molecular complexity index is 749. The van der Waals surface area contributed by atoms with Crippen LogP contribution in [0.15, 0.2) is 28.9 Å². The van der Waals surface area contributed by atoms with Gasteiger partial charge in [-0.05, 0) is 44.5 Å². The van der Waals surface area contributed by atoms with Gasteiger partial charge in [0.1, 0.15) is 11.6 Å². The lowest BCUT2D eigenvalue weighted by Crippen LogP contribution is -2.45. The maximum absolute atomic E-state index is 12.0. The van der Waals surface area contributed by atoms with Crippen molar-refractivity contribution in [2.45, 2.75) is 38.8 Å². The van der Waals surface area contributed by atoms with Gasteiger partial charge in [0.05, 0.1) is 7.11 Å². The van der Waals surface area contributed by atoms with Crippen molar-refractivity contribution in [1.29, 1.82) is 0 Å². The summed E-state index contributed by atoms with van der Waals surface area (Å²) in [6, 6.07) is 5.00. The number of aromatic amines is 1. The lowest BCUT2D eigenvalue weighted by Gasteiger charge is -2.22. The van der Waals surface area contributed by atoms with Gasteiger partial charge in [0.2, 0.25) is 0 Å². The number of esters is 1. The van der Waals surface area contributed by atoms with E-state index in [0.717, 1.165) is 20.9 Å². The highest BCUT2D eigenvalue weighted by Gasteiger charge is 2.26. The molecule has 1 aromatic heterocycles. The molecule has 0 fully saturated rings. The van der Waals surface area contributed by atoms with Crippen molar-refractivity contribution in [2.75, 3.05) is 7.11 Å². The highest BCUT2D eigenvalue weighted by atomic mass is 79.9. The minimum atomic E-state index is -0.831. The first-order valence-electron chi connectivity index (χ1n) is 7.52. The minimum absolute atomic E-state index is 0.294. The summed E-state index contributed by atoms with van der Waals surface area (Å²) in [6.45, 7) is 5.28. The van der Waals surface area contributed by atoms with Crippen molar-refractivity contribution in [2.24, 2.45) is 0 Å². The predicted molar refractivity (Wildman–Crippen MR) is 94.9 cm³/mol. The smallest absolute Gasteiger partial charge is 0.408 e.